The zero-order chi connectivity index (χ0) is 14.1. The average molecular weight is 286 g/mol. The van der Waals surface area contributed by atoms with Crippen LogP contribution in [0.15, 0.2) is 12.1 Å². The van der Waals surface area contributed by atoms with Crippen molar-refractivity contribution in [2.24, 2.45) is 0 Å². The van der Waals surface area contributed by atoms with Crippen LogP contribution >= 0.6 is 11.6 Å². The molecule has 0 radical (unpaired) electrons. The van der Waals surface area contributed by atoms with Gasteiger partial charge in [-0.2, -0.15) is 0 Å². The number of rotatable bonds is 9. The summed E-state index contributed by atoms with van der Waals surface area (Å²) in [6.45, 7) is 7.49. The van der Waals surface area contributed by atoms with Crippen molar-refractivity contribution in [3.8, 4) is 0 Å². The Bertz CT molecular complexity index is 374. The van der Waals surface area contributed by atoms with E-state index in [0.29, 0.717) is 18.1 Å². The Morgan fingerprint density at radius 3 is 2.74 bits per heavy atom. The Labute approximate surface area is 120 Å². The highest BCUT2D eigenvalue weighted by Crippen LogP contribution is 2.18. The van der Waals surface area contributed by atoms with Crippen molar-refractivity contribution >= 4 is 17.4 Å². The SMILES string of the molecule is CCCCN(CCO)Cc1nc(NCC)ccc1Cl. The van der Waals surface area contributed by atoms with E-state index < -0.39 is 0 Å². The van der Waals surface area contributed by atoms with Gasteiger partial charge in [-0.1, -0.05) is 24.9 Å². The van der Waals surface area contributed by atoms with E-state index >= 15 is 0 Å². The normalized spacial score (nSPS) is 11.0. The number of hydrogen-bond acceptors (Lipinski definition) is 4. The number of aliphatic hydroxyl groups is 1. The molecule has 1 aromatic rings. The van der Waals surface area contributed by atoms with Gasteiger partial charge in [0.25, 0.3) is 0 Å². The van der Waals surface area contributed by atoms with Gasteiger partial charge >= 0.3 is 0 Å². The van der Waals surface area contributed by atoms with Crippen LogP contribution in [-0.2, 0) is 6.54 Å². The number of unbranched alkanes of at least 4 members (excludes halogenated alkanes) is 1. The molecule has 2 N–H and O–H groups in total. The summed E-state index contributed by atoms with van der Waals surface area (Å²) in [6.07, 6.45) is 2.25. The second-order valence-electron chi connectivity index (χ2n) is 4.51. The molecule has 1 rings (SSSR count). The molecule has 0 saturated heterocycles. The molecule has 0 saturated carbocycles. The lowest BCUT2D eigenvalue weighted by Crippen LogP contribution is -2.28. The Hall–Kier alpha value is -0.840. The third-order valence-electron chi connectivity index (χ3n) is 2.89. The van der Waals surface area contributed by atoms with Crippen LogP contribution in [0, 0.1) is 0 Å². The Morgan fingerprint density at radius 2 is 2.11 bits per heavy atom. The van der Waals surface area contributed by atoms with Crippen molar-refractivity contribution in [1.82, 2.24) is 9.88 Å². The standard InChI is InChI=1S/C14H24ClN3O/c1-3-5-8-18(9-10-19)11-13-12(15)6-7-14(17-13)16-4-2/h6-7,19H,3-5,8-11H2,1-2H3,(H,16,17). The van der Waals surface area contributed by atoms with Gasteiger partial charge in [0.2, 0.25) is 0 Å². The molecule has 108 valence electrons. The maximum Gasteiger partial charge on any atom is 0.126 e. The predicted octanol–water partition coefficient (Wildman–Crippen LogP) is 2.76. The van der Waals surface area contributed by atoms with Crippen molar-refractivity contribution in [2.45, 2.75) is 33.2 Å². The summed E-state index contributed by atoms with van der Waals surface area (Å²) in [5.74, 6) is 0.848. The van der Waals surface area contributed by atoms with Gasteiger partial charge in [-0.3, -0.25) is 4.90 Å². The molecule has 19 heavy (non-hydrogen) atoms. The van der Waals surface area contributed by atoms with E-state index in [0.717, 1.165) is 37.4 Å². The van der Waals surface area contributed by atoms with Crippen LogP contribution in [-0.4, -0.2) is 41.2 Å². The minimum Gasteiger partial charge on any atom is -0.395 e. The van der Waals surface area contributed by atoms with Gasteiger partial charge in [0.15, 0.2) is 0 Å². The molecule has 0 aliphatic rings. The lowest BCUT2D eigenvalue weighted by atomic mass is 10.2. The van der Waals surface area contributed by atoms with Gasteiger partial charge in [-0.05, 0) is 32.0 Å². The second kappa shape index (κ2) is 9.13. The van der Waals surface area contributed by atoms with Crippen LogP contribution in [0.1, 0.15) is 32.4 Å². The third-order valence-corrected chi connectivity index (χ3v) is 3.24. The van der Waals surface area contributed by atoms with Gasteiger partial charge in [0.1, 0.15) is 5.82 Å². The third kappa shape index (κ3) is 5.76. The molecule has 0 bridgehead atoms. The first-order valence-corrected chi connectivity index (χ1v) is 7.31. The van der Waals surface area contributed by atoms with Crippen molar-refractivity contribution in [2.75, 3.05) is 31.6 Å². The fourth-order valence-electron chi connectivity index (χ4n) is 1.88. The Balaban J connectivity index is 2.72. The van der Waals surface area contributed by atoms with Gasteiger partial charge in [0, 0.05) is 19.6 Å². The predicted molar refractivity (Wildman–Crippen MR) is 80.7 cm³/mol. The molecule has 0 fully saturated rings. The van der Waals surface area contributed by atoms with Gasteiger partial charge < -0.3 is 10.4 Å². The topological polar surface area (TPSA) is 48.4 Å². The van der Waals surface area contributed by atoms with Crippen molar-refractivity contribution in [3.63, 3.8) is 0 Å². The lowest BCUT2D eigenvalue weighted by Gasteiger charge is -2.21. The first-order chi connectivity index (χ1) is 9.21. The Morgan fingerprint density at radius 1 is 1.32 bits per heavy atom. The van der Waals surface area contributed by atoms with Gasteiger partial charge in [-0.25, -0.2) is 4.98 Å². The van der Waals surface area contributed by atoms with E-state index in [1.54, 1.807) is 0 Å². The van der Waals surface area contributed by atoms with Crippen molar-refractivity contribution in [1.29, 1.82) is 0 Å². The number of anilines is 1. The summed E-state index contributed by atoms with van der Waals surface area (Å²) >= 11 is 6.20. The summed E-state index contributed by atoms with van der Waals surface area (Å²) in [7, 11) is 0. The quantitative estimate of drug-likeness (QED) is 0.732. The minimum atomic E-state index is 0.161. The van der Waals surface area contributed by atoms with Crippen LogP contribution in [0.2, 0.25) is 5.02 Å². The zero-order valence-corrected chi connectivity index (χ0v) is 12.6. The number of nitrogens with one attached hydrogen (secondary N) is 1. The zero-order valence-electron chi connectivity index (χ0n) is 11.8. The summed E-state index contributed by atoms with van der Waals surface area (Å²) in [5, 5.41) is 13.0. The Kier molecular flexibility index (Phi) is 7.79. The minimum absolute atomic E-state index is 0.161. The van der Waals surface area contributed by atoms with E-state index in [1.165, 1.54) is 0 Å². The van der Waals surface area contributed by atoms with Crippen molar-refractivity contribution in [3.05, 3.63) is 22.8 Å². The van der Waals surface area contributed by atoms with E-state index in [2.05, 4.69) is 22.1 Å². The molecule has 0 unspecified atom stereocenters. The molecule has 1 aromatic heterocycles. The highest BCUT2D eigenvalue weighted by molar-refractivity contribution is 6.31. The molecule has 4 nitrogen and oxygen atoms in total. The smallest absolute Gasteiger partial charge is 0.126 e. The van der Waals surface area contributed by atoms with Crippen molar-refractivity contribution < 1.29 is 5.11 Å². The van der Waals surface area contributed by atoms with Crippen LogP contribution in [0.25, 0.3) is 0 Å². The van der Waals surface area contributed by atoms with Crippen LogP contribution < -0.4 is 5.32 Å². The summed E-state index contributed by atoms with van der Waals surface area (Å²) < 4.78 is 0. The first-order valence-electron chi connectivity index (χ1n) is 6.93. The number of hydrogen-bond donors (Lipinski definition) is 2. The molecule has 0 aliphatic carbocycles. The lowest BCUT2D eigenvalue weighted by molar-refractivity contribution is 0.187. The van der Waals surface area contributed by atoms with Crippen LogP contribution in [0.5, 0.6) is 0 Å². The monoisotopic (exact) mass is 285 g/mol. The molecule has 1 heterocycles. The highest BCUT2D eigenvalue weighted by atomic mass is 35.5. The van der Waals surface area contributed by atoms with Crippen LogP contribution in [0.3, 0.4) is 0 Å². The molecule has 0 amide bonds. The largest absolute Gasteiger partial charge is 0.395 e. The van der Waals surface area contributed by atoms with E-state index in [1.807, 2.05) is 19.1 Å². The van der Waals surface area contributed by atoms with E-state index in [9.17, 15) is 0 Å². The van der Waals surface area contributed by atoms with E-state index in [-0.39, 0.29) is 6.61 Å². The fraction of sp³-hybridized carbons (Fsp3) is 0.643. The first kappa shape index (κ1) is 16.2. The van der Waals surface area contributed by atoms with E-state index in [4.69, 9.17) is 16.7 Å². The molecule has 0 aromatic carbocycles. The fourth-order valence-corrected chi connectivity index (χ4v) is 2.04. The summed E-state index contributed by atoms with van der Waals surface area (Å²) in [5.41, 5.74) is 0.865. The molecule has 0 atom stereocenters. The maximum absolute atomic E-state index is 9.11. The molecule has 0 spiro atoms. The maximum atomic E-state index is 9.11. The number of halogens is 1. The van der Waals surface area contributed by atoms with Crippen LogP contribution in [0.4, 0.5) is 5.82 Å². The number of nitrogens with zero attached hydrogens (tertiary/aromatic N) is 2. The number of pyridine rings is 1. The molecule has 5 heteroatoms. The second-order valence-corrected chi connectivity index (χ2v) is 4.92. The number of aromatic nitrogens is 1. The molecular weight excluding hydrogens is 262 g/mol. The average Bonchev–Trinajstić information content (AvgIpc) is 2.40. The summed E-state index contributed by atoms with van der Waals surface area (Å²) in [6, 6.07) is 3.76. The highest BCUT2D eigenvalue weighted by Gasteiger charge is 2.10. The molecular formula is C14H24ClN3O. The number of aliphatic hydroxyl groups excluding tert-OH is 1. The molecule has 0 aliphatic heterocycles. The summed E-state index contributed by atoms with van der Waals surface area (Å²) in [4.78, 5) is 6.71. The van der Waals surface area contributed by atoms with Gasteiger partial charge in [-0.15, -0.1) is 0 Å². The van der Waals surface area contributed by atoms with Gasteiger partial charge in [0.05, 0.1) is 17.3 Å².